The van der Waals surface area contributed by atoms with E-state index in [1.165, 1.54) is 12.1 Å². The van der Waals surface area contributed by atoms with Gasteiger partial charge in [0.1, 0.15) is 11.6 Å². The fourth-order valence-electron chi connectivity index (χ4n) is 2.40. The van der Waals surface area contributed by atoms with E-state index in [4.69, 9.17) is 11.6 Å². The monoisotopic (exact) mass is 267 g/mol. The molecule has 0 aliphatic carbocycles. The molecule has 1 amide bonds. The van der Waals surface area contributed by atoms with Gasteiger partial charge in [0.2, 0.25) is 5.91 Å². The molecule has 6 heteroatoms. The number of carbonyl (C=O) groups is 1. The SMILES string of the molecule is O=C1CC(n2c(CCl)nc3cc(F)ccc32)CN1. The summed E-state index contributed by atoms with van der Waals surface area (Å²) in [5.41, 5.74) is 1.39. The molecule has 1 fully saturated rings. The van der Waals surface area contributed by atoms with Gasteiger partial charge in [-0.05, 0) is 12.1 Å². The van der Waals surface area contributed by atoms with Crippen molar-refractivity contribution in [3.63, 3.8) is 0 Å². The normalized spacial score (nSPS) is 19.4. The Morgan fingerprint density at radius 3 is 3.06 bits per heavy atom. The zero-order valence-electron chi connectivity index (χ0n) is 9.49. The molecule has 0 bridgehead atoms. The van der Waals surface area contributed by atoms with Crippen LogP contribution < -0.4 is 5.32 Å². The molecule has 2 aromatic rings. The minimum absolute atomic E-state index is 0.00158. The van der Waals surface area contributed by atoms with Crippen molar-refractivity contribution in [3.05, 3.63) is 29.8 Å². The highest BCUT2D eigenvalue weighted by atomic mass is 35.5. The third-order valence-electron chi connectivity index (χ3n) is 3.17. The summed E-state index contributed by atoms with van der Waals surface area (Å²) in [6.07, 6.45) is 0.409. The van der Waals surface area contributed by atoms with E-state index < -0.39 is 0 Å². The summed E-state index contributed by atoms with van der Waals surface area (Å²) in [6, 6.07) is 4.45. The second-order valence-electron chi connectivity index (χ2n) is 4.33. The van der Waals surface area contributed by atoms with Crippen LogP contribution in [0.3, 0.4) is 0 Å². The number of nitrogens with one attached hydrogen (secondary N) is 1. The number of hydrogen-bond acceptors (Lipinski definition) is 2. The first kappa shape index (κ1) is 11.5. The van der Waals surface area contributed by atoms with Crippen LogP contribution in [0.2, 0.25) is 0 Å². The van der Waals surface area contributed by atoms with E-state index in [0.29, 0.717) is 24.3 Å². The highest BCUT2D eigenvalue weighted by Crippen LogP contribution is 2.26. The smallest absolute Gasteiger partial charge is 0.222 e. The molecule has 3 rings (SSSR count). The lowest BCUT2D eigenvalue weighted by Crippen LogP contribution is -2.16. The summed E-state index contributed by atoms with van der Waals surface area (Å²) < 4.78 is 15.1. The number of amides is 1. The predicted molar refractivity (Wildman–Crippen MR) is 65.9 cm³/mol. The minimum Gasteiger partial charge on any atom is -0.354 e. The lowest BCUT2D eigenvalue weighted by Gasteiger charge is -2.13. The average molecular weight is 268 g/mol. The van der Waals surface area contributed by atoms with Crippen LogP contribution >= 0.6 is 11.6 Å². The van der Waals surface area contributed by atoms with Crippen molar-refractivity contribution >= 4 is 28.5 Å². The molecule has 18 heavy (non-hydrogen) atoms. The number of carbonyl (C=O) groups excluding carboxylic acids is 1. The third-order valence-corrected chi connectivity index (χ3v) is 3.40. The van der Waals surface area contributed by atoms with Crippen LogP contribution in [0.4, 0.5) is 4.39 Å². The van der Waals surface area contributed by atoms with Gasteiger partial charge >= 0.3 is 0 Å². The van der Waals surface area contributed by atoms with Crippen LogP contribution in [0.5, 0.6) is 0 Å². The number of fused-ring (bicyclic) bond motifs is 1. The van der Waals surface area contributed by atoms with E-state index in [0.717, 1.165) is 5.52 Å². The van der Waals surface area contributed by atoms with Gasteiger partial charge in [-0.3, -0.25) is 4.79 Å². The first-order valence-corrected chi connectivity index (χ1v) is 6.21. The molecule has 1 aromatic heterocycles. The van der Waals surface area contributed by atoms with Gasteiger partial charge in [-0.1, -0.05) is 0 Å². The Balaban J connectivity index is 2.16. The molecule has 1 N–H and O–H groups in total. The number of halogens is 2. The Kier molecular flexibility index (Phi) is 2.70. The molecule has 1 unspecified atom stereocenters. The maximum Gasteiger partial charge on any atom is 0.222 e. The van der Waals surface area contributed by atoms with E-state index in [-0.39, 0.29) is 23.6 Å². The highest BCUT2D eigenvalue weighted by Gasteiger charge is 2.26. The molecule has 4 nitrogen and oxygen atoms in total. The van der Waals surface area contributed by atoms with Gasteiger partial charge in [0.15, 0.2) is 0 Å². The van der Waals surface area contributed by atoms with Gasteiger partial charge in [0, 0.05) is 19.0 Å². The topological polar surface area (TPSA) is 46.9 Å². The zero-order valence-corrected chi connectivity index (χ0v) is 10.2. The quantitative estimate of drug-likeness (QED) is 0.846. The third kappa shape index (κ3) is 1.75. The maximum atomic E-state index is 13.2. The van der Waals surface area contributed by atoms with Crippen molar-refractivity contribution in [3.8, 4) is 0 Å². The van der Waals surface area contributed by atoms with E-state index in [1.54, 1.807) is 6.07 Å². The highest BCUT2D eigenvalue weighted by molar-refractivity contribution is 6.16. The van der Waals surface area contributed by atoms with Crippen molar-refractivity contribution < 1.29 is 9.18 Å². The van der Waals surface area contributed by atoms with Crippen molar-refractivity contribution in [1.29, 1.82) is 0 Å². The standard InChI is InChI=1S/C12H11ClFN3O/c13-5-11-16-9-3-7(14)1-2-10(9)17(11)8-4-12(18)15-6-8/h1-3,8H,4-6H2,(H,15,18). The Hall–Kier alpha value is -1.62. The Bertz CT molecular complexity index is 625. The van der Waals surface area contributed by atoms with Crippen LogP contribution in [0.15, 0.2) is 18.2 Å². The number of rotatable bonds is 2. The van der Waals surface area contributed by atoms with E-state index in [2.05, 4.69) is 10.3 Å². The molecule has 94 valence electrons. The van der Waals surface area contributed by atoms with Crippen LogP contribution in [0, 0.1) is 5.82 Å². The molecule has 1 aliphatic heterocycles. The number of alkyl halides is 1. The summed E-state index contributed by atoms with van der Waals surface area (Å²) >= 11 is 5.88. The van der Waals surface area contributed by atoms with Gasteiger partial charge in [0.25, 0.3) is 0 Å². The summed E-state index contributed by atoms with van der Waals surface area (Å²) in [5, 5.41) is 2.78. The molecular formula is C12H11ClFN3O. The minimum atomic E-state index is -0.325. The number of benzene rings is 1. The van der Waals surface area contributed by atoms with Crippen molar-refractivity contribution in [2.24, 2.45) is 0 Å². The van der Waals surface area contributed by atoms with Crippen molar-refractivity contribution in [2.45, 2.75) is 18.3 Å². The predicted octanol–water partition coefficient (Wildman–Crippen LogP) is 1.98. The molecule has 1 saturated heterocycles. The summed E-state index contributed by atoms with van der Waals surface area (Å²) in [5.74, 6) is 0.596. The molecule has 0 radical (unpaired) electrons. The largest absolute Gasteiger partial charge is 0.354 e. The molecule has 0 saturated carbocycles. The van der Waals surface area contributed by atoms with Gasteiger partial charge in [-0.2, -0.15) is 0 Å². The second kappa shape index (κ2) is 4.24. The maximum absolute atomic E-state index is 13.2. The first-order valence-electron chi connectivity index (χ1n) is 5.68. The fourth-order valence-corrected chi connectivity index (χ4v) is 2.58. The molecule has 2 heterocycles. The summed E-state index contributed by atoms with van der Waals surface area (Å²) in [7, 11) is 0. The van der Waals surface area contributed by atoms with E-state index in [1.807, 2.05) is 4.57 Å². The number of imidazole rings is 1. The van der Waals surface area contributed by atoms with Crippen molar-refractivity contribution in [1.82, 2.24) is 14.9 Å². The Morgan fingerprint density at radius 2 is 2.39 bits per heavy atom. The Morgan fingerprint density at radius 1 is 1.56 bits per heavy atom. The lowest BCUT2D eigenvalue weighted by molar-refractivity contribution is -0.119. The van der Waals surface area contributed by atoms with Gasteiger partial charge in [-0.15, -0.1) is 11.6 Å². The molecule has 1 aromatic carbocycles. The van der Waals surface area contributed by atoms with Gasteiger partial charge in [0.05, 0.1) is 23.0 Å². The van der Waals surface area contributed by atoms with Crippen LogP contribution in [0.1, 0.15) is 18.3 Å². The zero-order chi connectivity index (χ0) is 12.7. The lowest BCUT2D eigenvalue weighted by atomic mass is 10.2. The van der Waals surface area contributed by atoms with Gasteiger partial charge < -0.3 is 9.88 Å². The van der Waals surface area contributed by atoms with Crippen molar-refractivity contribution in [2.75, 3.05) is 6.54 Å². The molecule has 0 spiro atoms. The molecule has 1 aliphatic rings. The van der Waals surface area contributed by atoms with Crippen LogP contribution in [-0.4, -0.2) is 22.0 Å². The number of nitrogens with zero attached hydrogens (tertiary/aromatic N) is 2. The van der Waals surface area contributed by atoms with Gasteiger partial charge in [-0.25, -0.2) is 9.37 Å². The van der Waals surface area contributed by atoms with E-state index in [9.17, 15) is 9.18 Å². The molecule has 1 atom stereocenters. The fraction of sp³-hybridized carbons (Fsp3) is 0.333. The van der Waals surface area contributed by atoms with Crippen LogP contribution in [0.25, 0.3) is 11.0 Å². The second-order valence-corrected chi connectivity index (χ2v) is 4.59. The molecular weight excluding hydrogens is 257 g/mol. The average Bonchev–Trinajstić information content (AvgIpc) is 2.91. The summed E-state index contributed by atoms with van der Waals surface area (Å²) in [6.45, 7) is 0.561. The first-order chi connectivity index (χ1) is 8.69. The Labute approximate surface area is 108 Å². The summed E-state index contributed by atoms with van der Waals surface area (Å²) in [4.78, 5) is 15.6. The number of aromatic nitrogens is 2. The van der Waals surface area contributed by atoms with Crippen LogP contribution in [-0.2, 0) is 10.7 Å². The van der Waals surface area contributed by atoms with E-state index >= 15 is 0 Å². The number of hydrogen-bond donors (Lipinski definition) is 1.